The Morgan fingerprint density at radius 3 is 2.43 bits per heavy atom. The van der Waals surface area contributed by atoms with Gasteiger partial charge in [-0.05, 0) is 57.0 Å². The molecule has 0 fully saturated rings. The first kappa shape index (κ1) is 15.3. The van der Waals surface area contributed by atoms with Crippen molar-refractivity contribution in [2.75, 3.05) is 0 Å². The zero-order valence-corrected chi connectivity index (χ0v) is 13.3. The van der Waals surface area contributed by atoms with Gasteiger partial charge in [0.2, 0.25) is 0 Å². The molecule has 1 unspecified atom stereocenters. The molecule has 0 radical (unpaired) electrons. The Hall–Kier alpha value is -2.05. The van der Waals surface area contributed by atoms with E-state index in [0.717, 1.165) is 13.1 Å². The number of hydrogen-bond acceptors (Lipinski definition) is 2. The van der Waals surface area contributed by atoms with Gasteiger partial charge in [0.25, 0.3) is 0 Å². The highest BCUT2D eigenvalue weighted by Gasteiger charge is 2.10. The summed E-state index contributed by atoms with van der Waals surface area (Å²) >= 11 is 0. The molecule has 0 aliphatic rings. The van der Waals surface area contributed by atoms with Gasteiger partial charge in [0.1, 0.15) is 0 Å². The van der Waals surface area contributed by atoms with Crippen LogP contribution in [0.15, 0.2) is 30.3 Å². The molecule has 1 aromatic heterocycles. The van der Waals surface area contributed by atoms with E-state index in [2.05, 4.69) is 49.7 Å². The fraction of sp³-hybridized carbons (Fsp3) is 0.389. The summed E-state index contributed by atoms with van der Waals surface area (Å²) in [5.74, 6) is 0. The summed E-state index contributed by atoms with van der Waals surface area (Å²) in [5.41, 5.74) is 5.93. The zero-order chi connectivity index (χ0) is 15.4. The van der Waals surface area contributed by atoms with E-state index in [1.165, 1.54) is 22.5 Å². The number of nitrogens with one attached hydrogen (secondary N) is 1. The Morgan fingerprint density at radius 2 is 1.90 bits per heavy atom. The second-order valence-electron chi connectivity index (χ2n) is 5.48. The number of aryl methyl sites for hydroxylation is 1. The SMILES string of the molecule is CCn1c(C)cc(CNC(C)c2ccc(C#N)cc2)c1C. The Bertz CT molecular complexity index is 644. The van der Waals surface area contributed by atoms with Gasteiger partial charge in [-0.15, -0.1) is 0 Å². The normalized spacial score (nSPS) is 12.1. The first-order valence-corrected chi connectivity index (χ1v) is 7.45. The molecule has 0 saturated carbocycles. The van der Waals surface area contributed by atoms with Gasteiger partial charge in [-0.2, -0.15) is 5.26 Å². The topological polar surface area (TPSA) is 40.8 Å². The van der Waals surface area contributed by atoms with E-state index < -0.39 is 0 Å². The molecule has 0 spiro atoms. The van der Waals surface area contributed by atoms with Crippen LogP contribution in [0.4, 0.5) is 0 Å². The molecule has 21 heavy (non-hydrogen) atoms. The molecule has 0 aliphatic heterocycles. The van der Waals surface area contributed by atoms with Crippen molar-refractivity contribution in [3.63, 3.8) is 0 Å². The van der Waals surface area contributed by atoms with Crippen molar-refractivity contribution >= 4 is 0 Å². The van der Waals surface area contributed by atoms with Gasteiger partial charge in [0, 0.05) is 30.5 Å². The standard InChI is InChI=1S/C18H23N3/c1-5-21-13(2)10-18(15(21)4)12-20-14(3)17-8-6-16(11-19)7-9-17/h6-10,14,20H,5,12H2,1-4H3. The predicted octanol–water partition coefficient (Wildman–Crippen LogP) is 3.85. The molecular weight excluding hydrogens is 258 g/mol. The Labute approximate surface area is 127 Å². The molecule has 1 atom stereocenters. The van der Waals surface area contributed by atoms with E-state index >= 15 is 0 Å². The fourth-order valence-corrected chi connectivity index (χ4v) is 2.77. The molecule has 3 nitrogen and oxygen atoms in total. The van der Waals surface area contributed by atoms with Crippen LogP contribution in [0.25, 0.3) is 0 Å². The van der Waals surface area contributed by atoms with Crippen LogP contribution in [0.3, 0.4) is 0 Å². The lowest BCUT2D eigenvalue weighted by molar-refractivity contribution is 0.571. The van der Waals surface area contributed by atoms with Crippen LogP contribution in [-0.4, -0.2) is 4.57 Å². The van der Waals surface area contributed by atoms with Crippen molar-refractivity contribution in [3.8, 4) is 6.07 Å². The minimum atomic E-state index is 0.266. The minimum absolute atomic E-state index is 0.266. The number of nitriles is 1. The third-order valence-corrected chi connectivity index (χ3v) is 4.13. The van der Waals surface area contributed by atoms with Crippen LogP contribution in [0.2, 0.25) is 0 Å². The van der Waals surface area contributed by atoms with E-state index in [4.69, 9.17) is 5.26 Å². The summed E-state index contributed by atoms with van der Waals surface area (Å²) in [5, 5.41) is 12.4. The monoisotopic (exact) mass is 281 g/mol. The maximum atomic E-state index is 8.83. The second kappa shape index (κ2) is 6.60. The largest absolute Gasteiger partial charge is 0.349 e. The van der Waals surface area contributed by atoms with E-state index in [0.29, 0.717) is 5.56 Å². The van der Waals surface area contributed by atoms with Crippen LogP contribution < -0.4 is 5.32 Å². The number of hydrogen-bond donors (Lipinski definition) is 1. The lowest BCUT2D eigenvalue weighted by Crippen LogP contribution is -2.18. The quantitative estimate of drug-likeness (QED) is 0.904. The molecule has 1 aromatic carbocycles. The van der Waals surface area contributed by atoms with Gasteiger partial charge in [0.05, 0.1) is 11.6 Å². The van der Waals surface area contributed by atoms with Gasteiger partial charge < -0.3 is 9.88 Å². The van der Waals surface area contributed by atoms with Gasteiger partial charge in [-0.3, -0.25) is 0 Å². The lowest BCUT2D eigenvalue weighted by Gasteiger charge is -2.14. The molecular formula is C18H23N3. The molecule has 110 valence electrons. The summed E-state index contributed by atoms with van der Waals surface area (Å²) in [6, 6.07) is 12.5. The van der Waals surface area contributed by atoms with E-state index in [1.54, 1.807) is 0 Å². The first-order chi connectivity index (χ1) is 10.1. The van der Waals surface area contributed by atoms with Crippen molar-refractivity contribution in [2.24, 2.45) is 0 Å². The van der Waals surface area contributed by atoms with E-state index in [-0.39, 0.29) is 6.04 Å². The number of benzene rings is 1. The third kappa shape index (κ3) is 3.34. The first-order valence-electron chi connectivity index (χ1n) is 7.45. The lowest BCUT2D eigenvalue weighted by atomic mass is 10.1. The smallest absolute Gasteiger partial charge is 0.0991 e. The molecule has 2 rings (SSSR count). The van der Waals surface area contributed by atoms with Gasteiger partial charge in [0.15, 0.2) is 0 Å². The van der Waals surface area contributed by atoms with Gasteiger partial charge in [-0.1, -0.05) is 12.1 Å². The van der Waals surface area contributed by atoms with Crippen molar-refractivity contribution in [3.05, 3.63) is 58.4 Å². The van der Waals surface area contributed by atoms with Crippen LogP contribution in [0.1, 0.15) is 48.0 Å². The number of nitrogens with zero attached hydrogens (tertiary/aromatic N) is 2. The molecule has 0 amide bonds. The molecule has 0 aliphatic carbocycles. The number of aromatic nitrogens is 1. The highest BCUT2D eigenvalue weighted by Crippen LogP contribution is 2.18. The van der Waals surface area contributed by atoms with E-state index in [9.17, 15) is 0 Å². The van der Waals surface area contributed by atoms with Gasteiger partial charge >= 0.3 is 0 Å². The summed E-state index contributed by atoms with van der Waals surface area (Å²) in [6.45, 7) is 10.5. The van der Waals surface area contributed by atoms with Crippen LogP contribution >= 0.6 is 0 Å². The Balaban J connectivity index is 2.03. The average Bonchev–Trinajstić information content (AvgIpc) is 2.78. The van der Waals surface area contributed by atoms with Crippen molar-refractivity contribution in [2.45, 2.75) is 46.8 Å². The molecule has 1 heterocycles. The van der Waals surface area contributed by atoms with Crippen molar-refractivity contribution in [1.82, 2.24) is 9.88 Å². The van der Waals surface area contributed by atoms with Gasteiger partial charge in [-0.25, -0.2) is 0 Å². The summed E-state index contributed by atoms with van der Waals surface area (Å²) in [7, 11) is 0. The minimum Gasteiger partial charge on any atom is -0.349 e. The second-order valence-corrected chi connectivity index (χ2v) is 5.48. The zero-order valence-electron chi connectivity index (χ0n) is 13.3. The van der Waals surface area contributed by atoms with Crippen molar-refractivity contribution in [1.29, 1.82) is 5.26 Å². The van der Waals surface area contributed by atoms with E-state index in [1.807, 2.05) is 24.3 Å². The maximum absolute atomic E-state index is 8.83. The van der Waals surface area contributed by atoms with Crippen LogP contribution in [0, 0.1) is 25.2 Å². The molecule has 3 heteroatoms. The van der Waals surface area contributed by atoms with Crippen LogP contribution in [-0.2, 0) is 13.1 Å². The average molecular weight is 281 g/mol. The Morgan fingerprint density at radius 1 is 1.24 bits per heavy atom. The molecule has 0 bridgehead atoms. The van der Waals surface area contributed by atoms with Crippen LogP contribution in [0.5, 0.6) is 0 Å². The predicted molar refractivity (Wildman–Crippen MR) is 86.0 cm³/mol. The molecule has 1 N–H and O–H groups in total. The van der Waals surface area contributed by atoms with Crippen molar-refractivity contribution < 1.29 is 0 Å². The highest BCUT2D eigenvalue weighted by molar-refractivity contribution is 5.33. The highest BCUT2D eigenvalue weighted by atomic mass is 15.0. The molecule has 2 aromatic rings. The summed E-state index contributed by atoms with van der Waals surface area (Å²) in [4.78, 5) is 0. The summed E-state index contributed by atoms with van der Waals surface area (Å²) in [6.07, 6.45) is 0. The molecule has 0 saturated heterocycles. The summed E-state index contributed by atoms with van der Waals surface area (Å²) < 4.78 is 2.34. The fourth-order valence-electron chi connectivity index (χ4n) is 2.77. The third-order valence-electron chi connectivity index (χ3n) is 4.13. The number of rotatable bonds is 5. The Kier molecular flexibility index (Phi) is 4.82. The maximum Gasteiger partial charge on any atom is 0.0991 e.